The first-order chi connectivity index (χ1) is 12.9. The van der Waals surface area contributed by atoms with Crippen molar-refractivity contribution in [2.75, 3.05) is 39.2 Å². The summed E-state index contributed by atoms with van der Waals surface area (Å²) < 4.78 is 6.25. The lowest BCUT2D eigenvalue weighted by molar-refractivity contribution is 0.0985. The zero-order chi connectivity index (χ0) is 19.6. The smallest absolute Gasteiger partial charge is 0.260 e. The number of anilines is 1. The van der Waals surface area contributed by atoms with E-state index in [-0.39, 0.29) is 5.91 Å². The summed E-state index contributed by atoms with van der Waals surface area (Å²) >= 11 is 13.6. The zero-order valence-electron chi connectivity index (χ0n) is 15.2. The fourth-order valence-electron chi connectivity index (χ4n) is 2.55. The van der Waals surface area contributed by atoms with Crippen LogP contribution in [0, 0.1) is 0 Å². The molecule has 3 rings (SSSR count). The van der Waals surface area contributed by atoms with Crippen LogP contribution in [0.25, 0.3) is 10.2 Å². The molecule has 0 aliphatic rings. The normalized spacial score (nSPS) is 11.2. The number of hydrogen-bond acceptors (Lipinski definition) is 5. The molecule has 8 heteroatoms. The second-order valence-electron chi connectivity index (χ2n) is 6.25. The zero-order valence-corrected chi connectivity index (χ0v) is 17.5. The van der Waals surface area contributed by atoms with Crippen LogP contribution in [0.3, 0.4) is 0 Å². The van der Waals surface area contributed by atoms with Gasteiger partial charge in [0.1, 0.15) is 5.75 Å². The molecule has 0 atom stereocenters. The van der Waals surface area contributed by atoms with E-state index in [1.54, 1.807) is 30.2 Å². The van der Waals surface area contributed by atoms with Gasteiger partial charge < -0.3 is 9.64 Å². The molecular weight excluding hydrogens is 405 g/mol. The van der Waals surface area contributed by atoms with Crippen LogP contribution in [-0.2, 0) is 0 Å². The number of carbonyl (C=O) groups excluding carboxylic acids is 1. The molecule has 0 saturated heterocycles. The molecule has 1 aromatic heterocycles. The quantitative estimate of drug-likeness (QED) is 0.569. The van der Waals surface area contributed by atoms with E-state index in [1.165, 1.54) is 11.3 Å². The number of halogens is 2. The van der Waals surface area contributed by atoms with Gasteiger partial charge in [-0.25, -0.2) is 4.98 Å². The maximum atomic E-state index is 13.2. The van der Waals surface area contributed by atoms with Gasteiger partial charge in [0.15, 0.2) is 5.13 Å². The van der Waals surface area contributed by atoms with Gasteiger partial charge in [-0.1, -0.05) is 34.5 Å². The number of benzene rings is 2. The number of methoxy groups -OCH3 is 1. The summed E-state index contributed by atoms with van der Waals surface area (Å²) in [5, 5.41) is 1.47. The molecule has 0 N–H and O–H groups in total. The number of rotatable bonds is 6. The molecule has 142 valence electrons. The monoisotopic (exact) mass is 423 g/mol. The first kappa shape index (κ1) is 19.9. The Bertz CT molecular complexity index is 954. The molecule has 0 aliphatic heterocycles. The fourth-order valence-corrected chi connectivity index (χ4v) is 4.05. The van der Waals surface area contributed by atoms with Crippen molar-refractivity contribution >= 4 is 55.8 Å². The number of aromatic nitrogens is 1. The Hall–Kier alpha value is -1.86. The van der Waals surface area contributed by atoms with Gasteiger partial charge in [0.05, 0.1) is 17.3 Å². The number of thiazole rings is 1. The Morgan fingerprint density at radius 1 is 1.11 bits per heavy atom. The summed E-state index contributed by atoms with van der Waals surface area (Å²) in [5.74, 6) is 0.541. The van der Waals surface area contributed by atoms with Crippen molar-refractivity contribution in [3.05, 3.63) is 52.0 Å². The van der Waals surface area contributed by atoms with Crippen LogP contribution in [0.15, 0.2) is 36.4 Å². The van der Waals surface area contributed by atoms with E-state index in [0.29, 0.717) is 33.8 Å². The van der Waals surface area contributed by atoms with Crippen molar-refractivity contribution in [3.8, 4) is 5.75 Å². The molecule has 0 fully saturated rings. The number of ether oxygens (including phenoxy) is 1. The lowest BCUT2D eigenvalue weighted by Gasteiger charge is -2.22. The Morgan fingerprint density at radius 3 is 2.44 bits per heavy atom. The van der Waals surface area contributed by atoms with Gasteiger partial charge in [-0.2, -0.15) is 0 Å². The van der Waals surface area contributed by atoms with E-state index < -0.39 is 0 Å². The predicted octanol–water partition coefficient (Wildman–Crippen LogP) is 4.82. The molecule has 0 aliphatic carbocycles. The number of fused-ring (bicyclic) bond motifs is 1. The van der Waals surface area contributed by atoms with Crippen molar-refractivity contribution in [3.63, 3.8) is 0 Å². The molecule has 27 heavy (non-hydrogen) atoms. The van der Waals surface area contributed by atoms with Crippen LogP contribution in [0.5, 0.6) is 5.75 Å². The Morgan fingerprint density at radius 2 is 1.81 bits per heavy atom. The predicted molar refractivity (Wildman–Crippen MR) is 113 cm³/mol. The molecule has 0 saturated carbocycles. The Labute approximate surface area is 172 Å². The van der Waals surface area contributed by atoms with Gasteiger partial charge in [-0.3, -0.25) is 9.69 Å². The highest BCUT2D eigenvalue weighted by atomic mass is 35.5. The van der Waals surface area contributed by atoms with E-state index in [9.17, 15) is 4.79 Å². The van der Waals surface area contributed by atoms with E-state index in [2.05, 4.69) is 4.98 Å². The lowest BCUT2D eigenvalue weighted by atomic mass is 10.2. The van der Waals surface area contributed by atoms with Crippen LogP contribution in [-0.4, -0.2) is 50.1 Å². The maximum absolute atomic E-state index is 13.2. The van der Waals surface area contributed by atoms with Crippen LogP contribution in [0.1, 0.15) is 10.4 Å². The van der Waals surface area contributed by atoms with Gasteiger partial charge in [-0.15, -0.1) is 0 Å². The highest BCUT2D eigenvalue weighted by Gasteiger charge is 2.22. The highest BCUT2D eigenvalue weighted by Crippen LogP contribution is 2.32. The molecule has 0 spiro atoms. The van der Waals surface area contributed by atoms with Crippen LogP contribution >= 0.6 is 34.5 Å². The van der Waals surface area contributed by atoms with Crippen LogP contribution < -0.4 is 9.64 Å². The van der Waals surface area contributed by atoms with E-state index in [0.717, 1.165) is 16.0 Å². The minimum atomic E-state index is -0.188. The second kappa shape index (κ2) is 8.44. The molecule has 5 nitrogen and oxygen atoms in total. The van der Waals surface area contributed by atoms with Gasteiger partial charge >= 0.3 is 0 Å². The SMILES string of the molecule is COc1ccc2sc(N(CCN(C)C)C(=O)c3cc(Cl)cc(Cl)c3)nc2c1. The molecule has 1 amide bonds. The highest BCUT2D eigenvalue weighted by molar-refractivity contribution is 7.22. The fraction of sp³-hybridized carbons (Fsp3) is 0.263. The third-order valence-corrected chi connectivity index (χ3v) is 5.44. The summed E-state index contributed by atoms with van der Waals surface area (Å²) in [6, 6.07) is 10.5. The molecule has 0 bridgehead atoms. The van der Waals surface area contributed by atoms with Gasteiger partial charge in [0.2, 0.25) is 0 Å². The summed E-state index contributed by atoms with van der Waals surface area (Å²) in [6.45, 7) is 1.19. The van der Waals surface area contributed by atoms with Crippen molar-refractivity contribution in [1.82, 2.24) is 9.88 Å². The molecule has 2 aromatic carbocycles. The van der Waals surface area contributed by atoms with E-state index >= 15 is 0 Å². The minimum Gasteiger partial charge on any atom is -0.497 e. The van der Waals surface area contributed by atoms with E-state index in [4.69, 9.17) is 27.9 Å². The Kier molecular flexibility index (Phi) is 6.22. The van der Waals surface area contributed by atoms with Crippen molar-refractivity contribution in [2.45, 2.75) is 0 Å². The summed E-state index contributed by atoms with van der Waals surface area (Å²) in [4.78, 5) is 21.5. The van der Waals surface area contributed by atoms with Gasteiger partial charge in [-0.05, 0) is 44.4 Å². The largest absolute Gasteiger partial charge is 0.497 e. The topological polar surface area (TPSA) is 45.7 Å². The summed E-state index contributed by atoms with van der Waals surface area (Å²) in [7, 11) is 5.54. The average molecular weight is 424 g/mol. The average Bonchev–Trinajstić information content (AvgIpc) is 3.03. The molecular formula is C19H19Cl2N3O2S. The second-order valence-corrected chi connectivity index (χ2v) is 8.13. The molecule has 0 unspecified atom stereocenters. The van der Waals surface area contributed by atoms with Crippen molar-refractivity contribution in [1.29, 1.82) is 0 Å². The Balaban J connectivity index is 2.01. The summed E-state index contributed by atoms with van der Waals surface area (Å²) in [5.41, 5.74) is 1.23. The minimum absolute atomic E-state index is 0.188. The standard InChI is InChI=1S/C19H19Cl2N3O2S/c1-23(2)6-7-24(18(25)12-8-13(20)10-14(21)9-12)19-22-16-11-15(26-3)4-5-17(16)27-19/h4-5,8-11H,6-7H2,1-3H3. The molecule has 3 aromatic rings. The lowest BCUT2D eigenvalue weighted by Crippen LogP contribution is -2.36. The van der Waals surface area contributed by atoms with Crippen LogP contribution in [0.4, 0.5) is 5.13 Å². The number of nitrogens with zero attached hydrogens (tertiary/aromatic N) is 3. The van der Waals surface area contributed by atoms with Gasteiger partial charge in [0, 0.05) is 34.8 Å². The van der Waals surface area contributed by atoms with Crippen LogP contribution in [0.2, 0.25) is 10.0 Å². The molecule has 1 heterocycles. The van der Waals surface area contributed by atoms with Gasteiger partial charge in [0.25, 0.3) is 5.91 Å². The number of likely N-dealkylation sites (N-methyl/N-ethyl adjacent to an activating group) is 1. The third kappa shape index (κ3) is 4.71. The number of carbonyl (C=O) groups is 1. The maximum Gasteiger partial charge on any atom is 0.260 e. The van der Waals surface area contributed by atoms with Crippen molar-refractivity contribution < 1.29 is 9.53 Å². The molecule has 0 radical (unpaired) electrons. The summed E-state index contributed by atoms with van der Waals surface area (Å²) in [6.07, 6.45) is 0. The van der Waals surface area contributed by atoms with Crippen molar-refractivity contribution in [2.24, 2.45) is 0 Å². The third-order valence-electron chi connectivity index (χ3n) is 3.94. The first-order valence-corrected chi connectivity index (χ1v) is 9.82. The number of hydrogen-bond donors (Lipinski definition) is 0. The van der Waals surface area contributed by atoms with E-state index in [1.807, 2.05) is 37.2 Å². The number of amides is 1. The first-order valence-electron chi connectivity index (χ1n) is 8.24.